The molecule has 0 spiro atoms. The third-order valence-corrected chi connectivity index (χ3v) is 3.08. The van der Waals surface area contributed by atoms with Gasteiger partial charge in [0.25, 0.3) is 0 Å². The van der Waals surface area contributed by atoms with Gasteiger partial charge in [0.2, 0.25) is 0 Å². The largest absolute Gasteiger partial charge is 0.389 e. The molecule has 0 aliphatic heterocycles. The fourth-order valence-electron chi connectivity index (χ4n) is 3.72. The van der Waals surface area contributed by atoms with Crippen molar-refractivity contribution in [2.45, 2.75) is 52.6 Å². The van der Waals surface area contributed by atoms with E-state index in [1.165, 1.54) is 6.42 Å². The number of likely N-dealkylation sites (N-methyl/N-ethyl adjacent to an activating group) is 1. The maximum absolute atomic E-state index is 10.5. The van der Waals surface area contributed by atoms with E-state index in [0.717, 1.165) is 12.8 Å². The highest BCUT2D eigenvalue weighted by Gasteiger charge is 2.45. The van der Waals surface area contributed by atoms with E-state index < -0.39 is 5.60 Å². The van der Waals surface area contributed by atoms with E-state index in [1.807, 2.05) is 7.05 Å². The van der Waals surface area contributed by atoms with Crippen molar-refractivity contribution in [3.8, 4) is 0 Å². The van der Waals surface area contributed by atoms with Gasteiger partial charge in [0, 0.05) is 6.54 Å². The van der Waals surface area contributed by atoms with Gasteiger partial charge < -0.3 is 10.4 Å². The first kappa shape index (κ1) is 12.0. The molecule has 1 fully saturated rings. The molecule has 2 nitrogen and oxygen atoms in total. The lowest BCUT2D eigenvalue weighted by Crippen LogP contribution is -2.50. The fraction of sp³-hybridized carbons (Fsp3) is 1.00. The molecule has 0 heterocycles. The van der Waals surface area contributed by atoms with Gasteiger partial charge in [0.05, 0.1) is 5.60 Å². The third kappa shape index (κ3) is 2.96. The summed E-state index contributed by atoms with van der Waals surface area (Å²) in [5, 5.41) is 13.6. The van der Waals surface area contributed by atoms with Crippen LogP contribution in [0.3, 0.4) is 0 Å². The van der Waals surface area contributed by atoms with E-state index in [1.54, 1.807) is 0 Å². The van der Waals surface area contributed by atoms with Crippen LogP contribution in [0.15, 0.2) is 0 Å². The number of rotatable bonds is 2. The molecule has 84 valence electrons. The molecular formula is C12H25NO. The summed E-state index contributed by atoms with van der Waals surface area (Å²) in [5.41, 5.74) is 0.000694. The lowest BCUT2D eigenvalue weighted by atomic mass is 9.59. The Balaban J connectivity index is 2.80. The number of hydrogen-bond donors (Lipinski definition) is 2. The van der Waals surface area contributed by atoms with Crippen LogP contribution in [0.25, 0.3) is 0 Å². The van der Waals surface area contributed by atoms with Gasteiger partial charge in [0.15, 0.2) is 0 Å². The molecule has 1 aliphatic rings. The van der Waals surface area contributed by atoms with Gasteiger partial charge in [-0.05, 0) is 37.1 Å². The quantitative estimate of drug-likeness (QED) is 0.714. The predicted molar refractivity (Wildman–Crippen MR) is 60.3 cm³/mol. The molecule has 0 aromatic carbocycles. The van der Waals surface area contributed by atoms with E-state index in [4.69, 9.17) is 0 Å². The summed E-state index contributed by atoms with van der Waals surface area (Å²) in [6.45, 7) is 9.74. The van der Waals surface area contributed by atoms with Crippen molar-refractivity contribution >= 4 is 0 Å². The van der Waals surface area contributed by atoms with Crippen LogP contribution in [-0.4, -0.2) is 24.3 Å². The average molecular weight is 199 g/mol. The van der Waals surface area contributed by atoms with Gasteiger partial charge in [0.1, 0.15) is 0 Å². The Morgan fingerprint density at radius 3 is 1.79 bits per heavy atom. The summed E-state index contributed by atoms with van der Waals surface area (Å²) in [5.74, 6) is 0. The molecule has 1 saturated carbocycles. The van der Waals surface area contributed by atoms with Gasteiger partial charge in [-0.3, -0.25) is 0 Å². The van der Waals surface area contributed by atoms with Crippen molar-refractivity contribution in [3.63, 3.8) is 0 Å². The monoisotopic (exact) mass is 199 g/mol. The first-order valence-corrected chi connectivity index (χ1v) is 5.55. The molecule has 0 atom stereocenters. The van der Waals surface area contributed by atoms with E-state index in [-0.39, 0.29) is 10.8 Å². The molecule has 0 saturated heterocycles. The summed E-state index contributed by atoms with van der Waals surface area (Å²) in [6, 6.07) is 0. The van der Waals surface area contributed by atoms with Crippen LogP contribution in [-0.2, 0) is 0 Å². The van der Waals surface area contributed by atoms with E-state index >= 15 is 0 Å². The molecule has 2 heteroatoms. The van der Waals surface area contributed by atoms with Crippen LogP contribution in [0, 0.1) is 10.8 Å². The van der Waals surface area contributed by atoms with Crippen LogP contribution in [0.1, 0.15) is 47.0 Å². The zero-order valence-corrected chi connectivity index (χ0v) is 10.3. The Kier molecular flexibility index (Phi) is 2.99. The van der Waals surface area contributed by atoms with Crippen LogP contribution in [0.2, 0.25) is 0 Å². The first-order valence-electron chi connectivity index (χ1n) is 5.55. The van der Waals surface area contributed by atoms with Gasteiger partial charge in [-0.25, -0.2) is 0 Å². The molecule has 2 N–H and O–H groups in total. The van der Waals surface area contributed by atoms with Gasteiger partial charge in [-0.1, -0.05) is 27.7 Å². The SMILES string of the molecule is CNCC1(O)CC(C)(C)CC(C)(C)C1. The highest BCUT2D eigenvalue weighted by Crippen LogP contribution is 2.49. The zero-order chi connectivity index (χ0) is 11.0. The Hall–Kier alpha value is -0.0800. The van der Waals surface area contributed by atoms with Crippen LogP contribution >= 0.6 is 0 Å². The molecule has 0 radical (unpaired) electrons. The summed E-state index contributed by atoms with van der Waals surface area (Å²) in [4.78, 5) is 0. The Morgan fingerprint density at radius 2 is 1.43 bits per heavy atom. The lowest BCUT2D eigenvalue weighted by molar-refractivity contribution is -0.0828. The van der Waals surface area contributed by atoms with Crippen molar-refractivity contribution in [2.75, 3.05) is 13.6 Å². The first-order chi connectivity index (χ1) is 6.18. The minimum Gasteiger partial charge on any atom is -0.389 e. The van der Waals surface area contributed by atoms with Crippen molar-refractivity contribution in [1.82, 2.24) is 5.32 Å². The highest BCUT2D eigenvalue weighted by atomic mass is 16.3. The molecule has 1 rings (SSSR count). The van der Waals surface area contributed by atoms with E-state index in [9.17, 15) is 5.11 Å². The van der Waals surface area contributed by atoms with Crippen molar-refractivity contribution in [1.29, 1.82) is 0 Å². The third-order valence-electron chi connectivity index (χ3n) is 3.08. The minimum absolute atomic E-state index is 0.257. The maximum atomic E-state index is 10.5. The smallest absolute Gasteiger partial charge is 0.0781 e. The van der Waals surface area contributed by atoms with Crippen molar-refractivity contribution in [2.24, 2.45) is 10.8 Å². The molecule has 0 unspecified atom stereocenters. The second-order valence-corrected chi connectivity index (χ2v) is 6.61. The van der Waals surface area contributed by atoms with E-state index in [2.05, 4.69) is 33.0 Å². The molecule has 0 bridgehead atoms. The summed E-state index contributed by atoms with van der Waals surface area (Å²) in [7, 11) is 1.91. The van der Waals surface area contributed by atoms with Gasteiger partial charge >= 0.3 is 0 Å². The molecule has 0 aromatic rings. The molecule has 0 aromatic heterocycles. The van der Waals surface area contributed by atoms with Crippen LogP contribution < -0.4 is 5.32 Å². The topological polar surface area (TPSA) is 32.3 Å². The second-order valence-electron chi connectivity index (χ2n) is 6.61. The number of nitrogens with one attached hydrogen (secondary N) is 1. The molecule has 14 heavy (non-hydrogen) atoms. The Labute approximate surface area is 88.1 Å². The highest BCUT2D eigenvalue weighted by molar-refractivity contribution is 4.98. The Bertz CT molecular complexity index is 192. The summed E-state index contributed by atoms with van der Waals surface area (Å²) in [6.07, 6.45) is 3.01. The van der Waals surface area contributed by atoms with Gasteiger partial charge in [-0.2, -0.15) is 0 Å². The summed E-state index contributed by atoms with van der Waals surface area (Å²) >= 11 is 0. The zero-order valence-electron chi connectivity index (χ0n) is 10.3. The Morgan fingerprint density at radius 1 is 1.00 bits per heavy atom. The average Bonchev–Trinajstić information content (AvgIpc) is 1.75. The summed E-state index contributed by atoms with van der Waals surface area (Å²) < 4.78 is 0. The number of hydrogen-bond acceptors (Lipinski definition) is 2. The van der Waals surface area contributed by atoms with Crippen molar-refractivity contribution < 1.29 is 5.11 Å². The van der Waals surface area contributed by atoms with Crippen LogP contribution in [0.5, 0.6) is 0 Å². The molecular weight excluding hydrogens is 174 g/mol. The predicted octanol–water partition coefficient (Wildman–Crippen LogP) is 2.17. The van der Waals surface area contributed by atoms with E-state index in [0.29, 0.717) is 6.54 Å². The minimum atomic E-state index is -0.514. The molecule has 0 amide bonds. The lowest BCUT2D eigenvalue weighted by Gasteiger charge is -2.49. The fourth-order valence-corrected chi connectivity index (χ4v) is 3.72. The molecule has 1 aliphatic carbocycles. The van der Waals surface area contributed by atoms with Crippen molar-refractivity contribution in [3.05, 3.63) is 0 Å². The normalized spacial score (nSPS) is 28.7. The van der Waals surface area contributed by atoms with Gasteiger partial charge in [-0.15, -0.1) is 0 Å². The van der Waals surface area contributed by atoms with Crippen LogP contribution in [0.4, 0.5) is 0 Å². The second kappa shape index (κ2) is 3.49. The maximum Gasteiger partial charge on any atom is 0.0781 e. The standard InChI is InChI=1S/C12H25NO/c1-10(2)6-11(3,4)8-12(14,7-10)9-13-5/h13-14H,6-9H2,1-5H3. The number of aliphatic hydroxyl groups is 1.